The van der Waals surface area contributed by atoms with Crippen LogP contribution in [-0.4, -0.2) is 46.8 Å². The van der Waals surface area contributed by atoms with Gasteiger partial charge in [0.05, 0.1) is 35.7 Å². The van der Waals surface area contributed by atoms with Crippen LogP contribution < -0.4 is 20.1 Å². The van der Waals surface area contributed by atoms with Crippen LogP contribution in [-0.2, 0) is 7.05 Å². The molecule has 4 heterocycles. The average molecular weight is 469 g/mol. The highest BCUT2D eigenvalue weighted by atomic mass is 16.5. The Balaban J connectivity index is 1.57. The maximum Gasteiger partial charge on any atom is 0.270 e. The molecule has 8 nitrogen and oxygen atoms in total. The van der Waals surface area contributed by atoms with Crippen molar-refractivity contribution in [1.29, 1.82) is 0 Å². The SMILES string of the molecule is [C-]#[N+]c1ccc2c(n1)c(N1C[C@@H](C)N(c3cc(C)cc4cc(OC)cnc34)C[C@@H]1C)cc(=O)n2C. The molecule has 0 radical (unpaired) electrons. The van der Waals surface area contributed by atoms with Gasteiger partial charge in [0.15, 0.2) is 0 Å². The lowest BCUT2D eigenvalue weighted by Gasteiger charge is -2.46. The minimum Gasteiger partial charge on any atom is -0.495 e. The van der Waals surface area contributed by atoms with Gasteiger partial charge >= 0.3 is 0 Å². The lowest BCUT2D eigenvalue weighted by molar-refractivity contribution is 0.413. The molecule has 1 aliphatic rings. The van der Waals surface area contributed by atoms with Crippen molar-refractivity contribution in [3.8, 4) is 5.75 Å². The topological polar surface area (TPSA) is 67.9 Å². The van der Waals surface area contributed by atoms with Gasteiger partial charge in [-0.15, -0.1) is 4.98 Å². The van der Waals surface area contributed by atoms with Crippen LogP contribution in [0, 0.1) is 13.5 Å². The highest BCUT2D eigenvalue weighted by Gasteiger charge is 2.33. The van der Waals surface area contributed by atoms with Crippen molar-refractivity contribution >= 4 is 39.1 Å². The Kier molecular flexibility index (Phi) is 5.56. The first-order valence-corrected chi connectivity index (χ1v) is 11.7. The number of hydrogen-bond donors (Lipinski definition) is 0. The van der Waals surface area contributed by atoms with Gasteiger partial charge in [0.2, 0.25) is 5.52 Å². The summed E-state index contributed by atoms with van der Waals surface area (Å²) in [6.07, 6.45) is 1.76. The number of rotatable bonds is 3. The number of ether oxygens (including phenoxy) is 1. The largest absolute Gasteiger partial charge is 0.495 e. The monoisotopic (exact) mass is 468 g/mol. The van der Waals surface area contributed by atoms with Crippen molar-refractivity contribution in [2.45, 2.75) is 32.9 Å². The molecule has 0 spiro atoms. The normalized spacial score (nSPS) is 18.2. The zero-order chi connectivity index (χ0) is 24.9. The first-order chi connectivity index (χ1) is 16.8. The Hall–Kier alpha value is -4.12. The summed E-state index contributed by atoms with van der Waals surface area (Å²) in [5.74, 6) is 1.06. The lowest BCUT2D eigenvalue weighted by Crippen LogP contribution is -2.57. The Labute approximate surface area is 204 Å². The molecule has 1 fully saturated rings. The van der Waals surface area contributed by atoms with Gasteiger partial charge in [-0.05, 0) is 56.7 Å². The number of anilines is 2. The Bertz CT molecular complexity index is 1550. The second kappa shape index (κ2) is 8.58. The van der Waals surface area contributed by atoms with E-state index in [-0.39, 0.29) is 17.6 Å². The molecule has 0 bridgehead atoms. The number of methoxy groups -OCH3 is 1. The van der Waals surface area contributed by atoms with Gasteiger partial charge in [-0.3, -0.25) is 9.78 Å². The summed E-state index contributed by atoms with van der Waals surface area (Å²) in [4.78, 5) is 30.2. The molecule has 1 saturated heterocycles. The zero-order valence-electron chi connectivity index (χ0n) is 20.6. The van der Waals surface area contributed by atoms with Crippen LogP contribution in [0.25, 0.3) is 26.8 Å². The van der Waals surface area contributed by atoms with Crippen LogP contribution in [0.15, 0.2) is 47.4 Å². The minimum atomic E-state index is -0.0880. The fraction of sp³-hybridized carbons (Fsp3) is 0.333. The van der Waals surface area contributed by atoms with Crippen molar-refractivity contribution in [2.24, 2.45) is 7.05 Å². The van der Waals surface area contributed by atoms with Crippen molar-refractivity contribution in [2.75, 3.05) is 30.0 Å². The third kappa shape index (κ3) is 3.83. The van der Waals surface area contributed by atoms with Gasteiger partial charge in [-0.1, -0.05) is 6.57 Å². The number of piperazine rings is 1. The van der Waals surface area contributed by atoms with Gasteiger partial charge in [-0.25, -0.2) is 0 Å². The fourth-order valence-corrected chi connectivity index (χ4v) is 5.07. The molecule has 0 amide bonds. The summed E-state index contributed by atoms with van der Waals surface area (Å²) >= 11 is 0. The quantitative estimate of drug-likeness (QED) is 0.414. The molecule has 3 aromatic heterocycles. The molecule has 8 heteroatoms. The third-order valence-electron chi connectivity index (χ3n) is 6.89. The van der Waals surface area contributed by atoms with E-state index in [0.29, 0.717) is 17.9 Å². The van der Waals surface area contributed by atoms with Crippen LogP contribution in [0.2, 0.25) is 0 Å². The molecule has 1 aromatic carbocycles. The summed E-state index contributed by atoms with van der Waals surface area (Å²) < 4.78 is 6.97. The van der Waals surface area contributed by atoms with Crippen molar-refractivity contribution < 1.29 is 4.74 Å². The van der Waals surface area contributed by atoms with Gasteiger partial charge in [0.1, 0.15) is 5.75 Å². The lowest BCUT2D eigenvalue weighted by atomic mass is 10.0. The number of fused-ring (bicyclic) bond motifs is 2. The van der Waals surface area contributed by atoms with Crippen molar-refractivity contribution in [1.82, 2.24) is 14.5 Å². The molecular weight excluding hydrogens is 440 g/mol. The maximum absolute atomic E-state index is 12.8. The van der Waals surface area contributed by atoms with Crippen molar-refractivity contribution in [3.05, 3.63) is 69.9 Å². The van der Waals surface area contributed by atoms with E-state index in [4.69, 9.17) is 16.3 Å². The zero-order valence-corrected chi connectivity index (χ0v) is 20.6. The Morgan fingerprint density at radius 3 is 2.37 bits per heavy atom. The van der Waals surface area contributed by atoms with Crippen LogP contribution in [0.4, 0.5) is 17.2 Å². The maximum atomic E-state index is 12.8. The summed E-state index contributed by atoms with van der Waals surface area (Å²) in [5, 5.41) is 1.05. The summed E-state index contributed by atoms with van der Waals surface area (Å²) in [5.41, 5.74) is 5.32. The minimum absolute atomic E-state index is 0.0880. The molecule has 4 aromatic rings. The average Bonchev–Trinajstić information content (AvgIpc) is 2.86. The number of aryl methyl sites for hydroxylation is 2. The molecule has 2 atom stereocenters. The summed E-state index contributed by atoms with van der Waals surface area (Å²) in [7, 11) is 3.39. The van der Waals surface area contributed by atoms with E-state index in [1.54, 1.807) is 37.1 Å². The van der Waals surface area contributed by atoms with E-state index in [1.165, 1.54) is 5.56 Å². The van der Waals surface area contributed by atoms with Gasteiger partial charge < -0.3 is 23.9 Å². The van der Waals surface area contributed by atoms with E-state index in [9.17, 15) is 4.79 Å². The predicted octanol–water partition coefficient (Wildman–Crippen LogP) is 4.45. The fourth-order valence-electron chi connectivity index (χ4n) is 5.07. The number of pyridine rings is 3. The summed E-state index contributed by atoms with van der Waals surface area (Å²) in [6, 6.07) is 11.7. The molecule has 5 rings (SSSR count). The van der Waals surface area contributed by atoms with Crippen LogP contribution in [0.1, 0.15) is 19.4 Å². The molecule has 0 unspecified atom stereocenters. The summed E-state index contributed by atoms with van der Waals surface area (Å²) in [6.45, 7) is 15.3. The molecule has 178 valence electrons. The number of hydrogen-bond acceptors (Lipinski definition) is 6. The molecule has 35 heavy (non-hydrogen) atoms. The van der Waals surface area contributed by atoms with E-state index < -0.39 is 0 Å². The standard InChI is InChI=1S/C27H28N6O2/c1-16-9-19-11-20(35-6)13-29-26(19)22(10-16)32-14-18(3)33(15-17(32)2)23-12-25(34)31(5)21-7-8-24(28-4)30-27(21)23/h7-13,17-18H,14-15H2,1-3,5-6H3/t17-,18+/m1/s1. The Morgan fingerprint density at radius 2 is 1.71 bits per heavy atom. The van der Waals surface area contributed by atoms with Crippen LogP contribution >= 0.6 is 0 Å². The number of benzene rings is 1. The van der Waals surface area contributed by atoms with E-state index in [1.807, 2.05) is 12.1 Å². The van der Waals surface area contributed by atoms with E-state index in [0.717, 1.165) is 40.1 Å². The predicted molar refractivity (Wildman–Crippen MR) is 140 cm³/mol. The highest BCUT2D eigenvalue weighted by molar-refractivity contribution is 5.93. The molecule has 1 aliphatic heterocycles. The van der Waals surface area contributed by atoms with Crippen molar-refractivity contribution in [3.63, 3.8) is 0 Å². The molecule has 0 aliphatic carbocycles. The third-order valence-corrected chi connectivity index (χ3v) is 6.89. The number of aromatic nitrogens is 3. The van der Waals surface area contributed by atoms with Crippen LogP contribution in [0.5, 0.6) is 5.75 Å². The second-order valence-corrected chi connectivity index (χ2v) is 9.31. The molecule has 0 saturated carbocycles. The first-order valence-electron chi connectivity index (χ1n) is 11.7. The number of nitrogens with zero attached hydrogens (tertiary/aromatic N) is 6. The molecule has 0 N–H and O–H groups in total. The van der Waals surface area contributed by atoms with Gasteiger partial charge in [0, 0.05) is 43.7 Å². The molecular formula is C27H28N6O2. The van der Waals surface area contributed by atoms with Gasteiger partial charge in [-0.2, -0.15) is 0 Å². The van der Waals surface area contributed by atoms with E-state index >= 15 is 0 Å². The smallest absolute Gasteiger partial charge is 0.270 e. The first kappa shape index (κ1) is 22.7. The second-order valence-electron chi connectivity index (χ2n) is 9.31. The van der Waals surface area contributed by atoms with Crippen LogP contribution in [0.3, 0.4) is 0 Å². The van der Waals surface area contributed by atoms with E-state index in [2.05, 4.69) is 52.5 Å². The highest BCUT2D eigenvalue weighted by Crippen LogP contribution is 2.35. The van der Waals surface area contributed by atoms with Gasteiger partial charge in [0.25, 0.3) is 11.4 Å². The Morgan fingerprint density at radius 1 is 1.03 bits per heavy atom.